The number of sulfonamides is 1. The normalized spacial score (nSPS) is 13.4. The Morgan fingerprint density at radius 2 is 2.00 bits per heavy atom. The molecule has 1 rings (SSSR count). The Morgan fingerprint density at radius 3 is 2.45 bits per heavy atom. The maximum absolute atomic E-state index is 11.2. The number of alkyl halides is 1. The molecular formula is C12H17ClN2O4S. The van der Waals surface area contributed by atoms with Gasteiger partial charge in [0, 0.05) is 17.0 Å². The monoisotopic (exact) mass is 320 g/mol. The van der Waals surface area contributed by atoms with E-state index in [4.69, 9.17) is 16.7 Å². The van der Waals surface area contributed by atoms with Crippen LogP contribution in [0.5, 0.6) is 0 Å². The van der Waals surface area contributed by atoms with Crippen molar-refractivity contribution in [1.29, 1.82) is 0 Å². The van der Waals surface area contributed by atoms with Gasteiger partial charge in [-0.2, -0.15) is 0 Å². The zero-order chi connectivity index (χ0) is 15.5. The molecule has 20 heavy (non-hydrogen) atoms. The fraction of sp³-hybridized carbons (Fsp3) is 0.500. The molecule has 0 amide bonds. The topological polar surface area (TPSA) is 103 Å². The van der Waals surface area contributed by atoms with Gasteiger partial charge < -0.3 is 0 Å². The van der Waals surface area contributed by atoms with E-state index in [1.165, 1.54) is 12.1 Å². The SMILES string of the molecule is CC(C)CC(Cl)Cc1ccc(S(N)(=O)=O)cc1[N+](=O)[O-]. The maximum atomic E-state index is 11.2. The molecule has 0 aliphatic heterocycles. The van der Waals surface area contributed by atoms with Crippen LogP contribution in [-0.4, -0.2) is 18.7 Å². The van der Waals surface area contributed by atoms with E-state index >= 15 is 0 Å². The first kappa shape index (κ1) is 16.9. The minimum Gasteiger partial charge on any atom is -0.258 e. The van der Waals surface area contributed by atoms with Crippen LogP contribution in [0.4, 0.5) is 5.69 Å². The summed E-state index contributed by atoms with van der Waals surface area (Å²) >= 11 is 6.15. The van der Waals surface area contributed by atoms with Crippen LogP contribution >= 0.6 is 11.6 Å². The van der Waals surface area contributed by atoms with Crippen molar-refractivity contribution >= 4 is 27.3 Å². The van der Waals surface area contributed by atoms with Crippen molar-refractivity contribution < 1.29 is 13.3 Å². The van der Waals surface area contributed by atoms with Crippen LogP contribution in [0.25, 0.3) is 0 Å². The van der Waals surface area contributed by atoms with E-state index in [0.29, 0.717) is 17.9 Å². The van der Waals surface area contributed by atoms with Crippen molar-refractivity contribution in [3.8, 4) is 0 Å². The van der Waals surface area contributed by atoms with Gasteiger partial charge in [-0.25, -0.2) is 13.6 Å². The number of nitro groups is 1. The Labute approximate surface area is 123 Å². The van der Waals surface area contributed by atoms with E-state index in [9.17, 15) is 18.5 Å². The standard InChI is InChI=1S/C12H17ClN2O4S/c1-8(2)5-10(13)6-9-3-4-11(20(14,18)19)7-12(9)15(16)17/h3-4,7-8,10H,5-6H2,1-2H3,(H2,14,18,19). The molecule has 0 heterocycles. The summed E-state index contributed by atoms with van der Waals surface area (Å²) in [5.74, 6) is 0.375. The largest absolute Gasteiger partial charge is 0.273 e. The maximum Gasteiger partial charge on any atom is 0.273 e. The van der Waals surface area contributed by atoms with Gasteiger partial charge in [0.2, 0.25) is 10.0 Å². The molecule has 0 spiro atoms. The second-order valence-electron chi connectivity index (χ2n) is 5.02. The highest BCUT2D eigenvalue weighted by atomic mass is 35.5. The van der Waals surface area contributed by atoms with Crippen LogP contribution < -0.4 is 5.14 Å². The zero-order valence-electron chi connectivity index (χ0n) is 11.2. The van der Waals surface area contributed by atoms with Crippen molar-refractivity contribution in [3.63, 3.8) is 0 Å². The number of hydrogen-bond acceptors (Lipinski definition) is 4. The predicted octanol–water partition coefficient (Wildman–Crippen LogP) is 2.44. The summed E-state index contributed by atoms with van der Waals surface area (Å²) in [7, 11) is -3.96. The molecule has 1 unspecified atom stereocenters. The van der Waals surface area contributed by atoms with Gasteiger partial charge in [-0.1, -0.05) is 19.9 Å². The number of halogens is 1. The average molecular weight is 321 g/mol. The van der Waals surface area contributed by atoms with Gasteiger partial charge in [0.05, 0.1) is 9.82 Å². The minimum atomic E-state index is -3.96. The molecule has 0 saturated carbocycles. The Hall–Kier alpha value is -1.18. The number of nitrogens with zero attached hydrogens (tertiary/aromatic N) is 1. The second kappa shape index (κ2) is 6.51. The molecule has 1 aromatic rings. The number of primary sulfonamides is 1. The first-order valence-electron chi connectivity index (χ1n) is 6.05. The quantitative estimate of drug-likeness (QED) is 0.494. The molecule has 0 fully saturated rings. The van der Waals surface area contributed by atoms with E-state index in [0.717, 1.165) is 12.5 Å². The Kier molecular flexibility index (Phi) is 5.50. The fourth-order valence-electron chi connectivity index (χ4n) is 1.90. The number of nitrogens with two attached hydrogens (primary N) is 1. The Balaban J connectivity index is 3.12. The summed E-state index contributed by atoms with van der Waals surface area (Å²) in [4.78, 5) is 10.1. The van der Waals surface area contributed by atoms with E-state index in [1.807, 2.05) is 13.8 Å². The molecule has 6 nitrogen and oxygen atoms in total. The van der Waals surface area contributed by atoms with Crippen molar-refractivity contribution in [2.24, 2.45) is 11.1 Å². The molecule has 112 valence electrons. The van der Waals surface area contributed by atoms with Crippen LogP contribution in [0.3, 0.4) is 0 Å². The van der Waals surface area contributed by atoms with Crippen LogP contribution in [0, 0.1) is 16.0 Å². The molecule has 0 radical (unpaired) electrons. The van der Waals surface area contributed by atoms with E-state index in [1.54, 1.807) is 0 Å². The van der Waals surface area contributed by atoms with Crippen LogP contribution in [0.15, 0.2) is 23.1 Å². The van der Waals surface area contributed by atoms with E-state index < -0.39 is 14.9 Å². The molecule has 0 aliphatic rings. The van der Waals surface area contributed by atoms with Gasteiger partial charge >= 0.3 is 0 Å². The van der Waals surface area contributed by atoms with Gasteiger partial charge in [-0.3, -0.25) is 10.1 Å². The number of nitro benzene ring substituents is 1. The van der Waals surface area contributed by atoms with Gasteiger partial charge in [0.25, 0.3) is 5.69 Å². The predicted molar refractivity (Wildman–Crippen MR) is 77.3 cm³/mol. The van der Waals surface area contributed by atoms with Gasteiger partial charge in [0.15, 0.2) is 0 Å². The molecule has 1 atom stereocenters. The second-order valence-corrected chi connectivity index (χ2v) is 7.20. The first-order valence-corrected chi connectivity index (χ1v) is 8.03. The van der Waals surface area contributed by atoms with Crippen LogP contribution in [0.2, 0.25) is 0 Å². The van der Waals surface area contributed by atoms with Gasteiger partial charge in [-0.15, -0.1) is 11.6 Å². The summed E-state index contributed by atoms with van der Waals surface area (Å²) in [5, 5.41) is 15.8. The smallest absolute Gasteiger partial charge is 0.258 e. The van der Waals surface area contributed by atoms with Crippen molar-refractivity contribution in [3.05, 3.63) is 33.9 Å². The Bertz CT molecular complexity index is 601. The minimum absolute atomic E-state index is 0.242. The summed E-state index contributed by atoms with van der Waals surface area (Å²) in [6, 6.07) is 3.63. The van der Waals surface area contributed by atoms with Crippen molar-refractivity contribution in [2.75, 3.05) is 0 Å². The zero-order valence-corrected chi connectivity index (χ0v) is 12.8. The lowest BCUT2D eigenvalue weighted by atomic mass is 10.0. The number of hydrogen-bond donors (Lipinski definition) is 1. The number of rotatable bonds is 6. The third-order valence-corrected chi connectivity index (χ3v) is 3.99. The summed E-state index contributed by atoms with van der Waals surface area (Å²) in [6.45, 7) is 4.02. The lowest BCUT2D eigenvalue weighted by molar-refractivity contribution is -0.385. The molecule has 0 aromatic heterocycles. The Morgan fingerprint density at radius 1 is 1.40 bits per heavy atom. The fourth-order valence-corrected chi connectivity index (χ4v) is 2.95. The van der Waals surface area contributed by atoms with E-state index in [2.05, 4.69) is 0 Å². The highest BCUT2D eigenvalue weighted by molar-refractivity contribution is 7.89. The first-order chi connectivity index (χ1) is 9.11. The van der Waals surface area contributed by atoms with E-state index in [-0.39, 0.29) is 16.0 Å². The van der Waals surface area contributed by atoms with Crippen molar-refractivity contribution in [1.82, 2.24) is 0 Å². The van der Waals surface area contributed by atoms with Gasteiger partial charge in [-0.05, 0) is 24.8 Å². The van der Waals surface area contributed by atoms with Crippen molar-refractivity contribution in [2.45, 2.75) is 37.0 Å². The molecule has 0 bridgehead atoms. The highest BCUT2D eigenvalue weighted by Crippen LogP contribution is 2.26. The number of benzene rings is 1. The van der Waals surface area contributed by atoms with Crippen LogP contribution in [0.1, 0.15) is 25.8 Å². The lowest BCUT2D eigenvalue weighted by Crippen LogP contribution is -2.14. The molecule has 1 aromatic carbocycles. The summed E-state index contributed by atoms with van der Waals surface area (Å²) in [5.41, 5.74) is 0.133. The summed E-state index contributed by atoms with van der Waals surface area (Å²) in [6.07, 6.45) is 1.02. The molecule has 0 aliphatic carbocycles. The third-order valence-electron chi connectivity index (χ3n) is 2.75. The molecule has 0 saturated heterocycles. The lowest BCUT2D eigenvalue weighted by Gasteiger charge is -2.12. The van der Waals surface area contributed by atoms with Crippen LogP contribution in [-0.2, 0) is 16.4 Å². The van der Waals surface area contributed by atoms with Gasteiger partial charge in [0.1, 0.15) is 0 Å². The third kappa shape index (κ3) is 4.73. The molecular weight excluding hydrogens is 304 g/mol. The highest BCUT2D eigenvalue weighted by Gasteiger charge is 2.21. The summed E-state index contributed by atoms with van der Waals surface area (Å²) < 4.78 is 22.4. The average Bonchev–Trinajstić information content (AvgIpc) is 2.26. The molecule has 8 heteroatoms. The molecule has 2 N–H and O–H groups in total.